The first kappa shape index (κ1) is 70.4. The number of nitrogens with one attached hydrogen (secondary N) is 5. The number of hydrogen-bond donors (Lipinski definition) is 14. The fourth-order valence-electron chi connectivity index (χ4n) is 7.05. The molecule has 0 aliphatic carbocycles. The maximum absolute atomic E-state index is 14.4. The van der Waals surface area contributed by atoms with Gasteiger partial charge in [0.25, 0.3) is 17.9 Å². The van der Waals surface area contributed by atoms with Crippen LogP contribution in [0.15, 0.2) is 36.4 Å². The summed E-state index contributed by atoms with van der Waals surface area (Å²) in [6, 6.07) is 2.36. The number of rotatable bonds is 17. The second kappa shape index (κ2) is 34.9. The molecule has 3 rings (SSSR count). The highest BCUT2D eigenvalue weighted by molar-refractivity contribution is 6.03. The summed E-state index contributed by atoms with van der Waals surface area (Å²) >= 11 is 0. The van der Waals surface area contributed by atoms with Gasteiger partial charge in [0.2, 0.25) is 29.5 Å². The van der Waals surface area contributed by atoms with Crippen LogP contribution in [0.4, 0.5) is 9.59 Å². The zero-order valence-corrected chi connectivity index (χ0v) is 45.9. The van der Waals surface area contributed by atoms with Crippen molar-refractivity contribution in [2.75, 3.05) is 32.7 Å². The first-order chi connectivity index (χ1) is 36.2. The average molecular weight is 1110 g/mol. The lowest BCUT2D eigenvalue weighted by atomic mass is 9.95. The number of carboxylic acid groups (broad SMARTS) is 3. The van der Waals surface area contributed by atoms with Gasteiger partial charge < -0.3 is 84.1 Å². The van der Waals surface area contributed by atoms with Gasteiger partial charge in [0, 0.05) is 53.2 Å². The molecule has 2 aromatic carbocycles. The number of benzene rings is 2. The minimum atomic E-state index is -1.60. The second-order valence-corrected chi connectivity index (χ2v) is 19.7. The van der Waals surface area contributed by atoms with Gasteiger partial charge in [-0.1, -0.05) is 12.1 Å². The summed E-state index contributed by atoms with van der Waals surface area (Å²) in [5.74, 6) is -7.26. The Morgan fingerprint density at radius 2 is 1.17 bits per heavy atom. The molecule has 0 saturated heterocycles. The number of alkyl carbamates (subject to hydrolysis) is 2. The molecule has 0 saturated carbocycles. The number of ether oxygens (including phenoxy) is 2. The molecular weight excluding hydrogens is 1020 g/mol. The van der Waals surface area contributed by atoms with E-state index in [9.17, 15) is 43.8 Å². The van der Waals surface area contributed by atoms with Gasteiger partial charge in [-0.25, -0.2) is 9.59 Å². The molecule has 0 aromatic heterocycles. The van der Waals surface area contributed by atoms with E-state index in [2.05, 4.69) is 26.6 Å². The summed E-state index contributed by atoms with van der Waals surface area (Å²) in [4.78, 5) is 125. The summed E-state index contributed by atoms with van der Waals surface area (Å²) in [5, 5.41) is 57.1. The number of hydrogen-bond acceptors (Lipinski definition) is 18. The number of carboxylic acids is 3. The SMILES string of the molecule is CC(=O)O.CC(=O)O.CC(=O)O.CC(C)(C)OC(=O)NCCC[C@@H]1NC(=O)[C@@H](NC(=O)OC(C)(C)C)Cc2cc(ccc2O)-c2ccc(O)c(c2)C[C@@H](C(=O)NC(=O)[C@H](CCCN)N(CCN)C(=O)[C@@H](N)CCCN)NC1=O. The number of aliphatic carboxylic acids is 3. The van der Waals surface area contributed by atoms with E-state index < -0.39 is 101 Å². The fraction of sp³-hybridized carbons (Fsp3) is 0.569. The number of nitrogens with zero attached hydrogens (tertiary/aromatic N) is 1. The minimum Gasteiger partial charge on any atom is -0.508 e. The van der Waals surface area contributed by atoms with E-state index >= 15 is 0 Å². The summed E-state index contributed by atoms with van der Waals surface area (Å²) in [6.07, 6.45) is -1.42. The van der Waals surface area contributed by atoms with Crippen molar-refractivity contribution in [3.8, 4) is 22.6 Å². The highest BCUT2D eigenvalue weighted by Gasteiger charge is 2.36. The van der Waals surface area contributed by atoms with Crippen molar-refractivity contribution in [2.24, 2.45) is 22.9 Å². The molecule has 0 radical (unpaired) electrons. The maximum atomic E-state index is 14.4. The van der Waals surface area contributed by atoms with Crippen molar-refractivity contribution in [2.45, 2.75) is 155 Å². The number of fused-ring (bicyclic) bond motifs is 5. The molecule has 0 spiro atoms. The number of nitrogens with two attached hydrogens (primary N) is 4. The summed E-state index contributed by atoms with van der Waals surface area (Å²) < 4.78 is 10.7. The minimum absolute atomic E-state index is 0.00795. The van der Waals surface area contributed by atoms with E-state index in [4.69, 9.17) is 62.1 Å². The quantitative estimate of drug-likeness (QED) is 0.0979. The van der Waals surface area contributed by atoms with Crippen molar-refractivity contribution < 1.29 is 83.0 Å². The van der Waals surface area contributed by atoms with Crippen molar-refractivity contribution >= 4 is 59.6 Å². The molecule has 1 heterocycles. The number of aromatic hydroxyl groups is 2. The van der Waals surface area contributed by atoms with Crippen molar-refractivity contribution in [1.82, 2.24) is 31.5 Å². The van der Waals surface area contributed by atoms with Crippen LogP contribution in [0.1, 0.15) is 112 Å². The van der Waals surface area contributed by atoms with Crippen LogP contribution in [0, 0.1) is 0 Å². The van der Waals surface area contributed by atoms with Crippen LogP contribution in [0.25, 0.3) is 11.1 Å². The number of carbonyl (C=O) groups is 10. The van der Waals surface area contributed by atoms with Gasteiger partial charge in [-0.2, -0.15) is 0 Å². The standard InChI is InChI=1S/C45H70N10O11.3C2H4O2/c1-44(2,3)65-42(63)50-20-9-11-31-37(58)52-32(39(60)54-40(61)34(12-8-18-47)55(21-19-48)41(62)30(49)10-7-17-46)24-28-22-26(13-15-35(28)56)27-14-16-36(57)29(23-27)25-33(38(59)51-31)53-43(64)66-45(4,5)6;3*1-2(3)4/h13-16,22-23,30-34,56-57H,7-12,17-21,24-25,46-49H2,1-6H3,(H,50,63)(H,51,59)(H,52,58)(H,53,64)(H,54,60,61);3*1H3,(H,3,4)/t30-,31-,32-,33-,34-;;;/m0.../s1. The smallest absolute Gasteiger partial charge is 0.408 e. The molecule has 0 unspecified atom stereocenters. The van der Waals surface area contributed by atoms with Gasteiger partial charge in [-0.3, -0.25) is 43.7 Å². The van der Waals surface area contributed by atoms with E-state index in [0.717, 1.165) is 20.8 Å². The Balaban J connectivity index is 0.00000446. The molecule has 18 N–H and O–H groups in total. The molecule has 438 valence electrons. The topological polar surface area (TPSA) is 458 Å². The number of carbonyl (C=O) groups excluding carboxylic acids is 7. The highest BCUT2D eigenvalue weighted by atomic mass is 16.6. The van der Waals surface area contributed by atoms with Crippen LogP contribution in [0.2, 0.25) is 0 Å². The van der Waals surface area contributed by atoms with E-state index in [1.807, 2.05) is 0 Å². The third-order valence-electron chi connectivity index (χ3n) is 10.2. The molecule has 78 heavy (non-hydrogen) atoms. The molecule has 1 aliphatic rings. The molecule has 1 aliphatic heterocycles. The number of amides is 7. The van der Waals surface area contributed by atoms with Crippen LogP contribution in [-0.2, 0) is 60.7 Å². The van der Waals surface area contributed by atoms with E-state index in [0.29, 0.717) is 17.5 Å². The number of phenolic OH excluding ortho intramolecular Hbond substituents is 2. The van der Waals surface area contributed by atoms with Crippen LogP contribution in [0.5, 0.6) is 11.5 Å². The summed E-state index contributed by atoms with van der Waals surface area (Å²) in [7, 11) is 0. The molecule has 5 atom stereocenters. The molecule has 7 amide bonds. The normalized spacial score (nSPS) is 15.9. The van der Waals surface area contributed by atoms with Gasteiger partial charge in [-0.15, -0.1) is 0 Å². The zero-order valence-electron chi connectivity index (χ0n) is 45.9. The van der Waals surface area contributed by atoms with E-state index in [1.54, 1.807) is 65.8 Å². The van der Waals surface area contributed by atoms with Gasteiger partial charge in [0.15, 0.2) is 0 Å². The van der Waals surface area contributed by atoms with Crippen LogP contribution < -0.4 is 49.5 Å². The predicted molar refractivity (Wildman–Crippen MR) is 285 cm³/mol. The van der Waals surface area contributed by atoms with E-state index in [-0.39, 0.29) is 100 Å². The number of imide groups is 1. The fourth-order valence-corrected chi connectivity index (χ4v) is 7.05. The predicted octanol–water partition coefficient (Wildman–Crippen LogP) is 0.908. The monoisotopic (exact) mass is 1110 g/mol. The zero-order chi connectivity index (χ0) is 60.1. The lowest BCUT2D eigenvalue weighted by molar-refractivity contribution is -0.144. The van der Waals surface area contributed by atoms with Crippen LogP contribution in [0.3, 0.4) is 0 Å². The Bertz CT molecular complexity index is 2300. The first-order valence-corrected chi connectivity index (χ1v) is 25.0. The van der Waals surface area contributed by atoms with Gasteiger partial charge in [0.05, 0.1) is 6.04 Å². The molecule has 4 bridgehead atoms. The van der Waals surface area contributed by atoms with Crippen molar-refractivity contribution in [1.29, 1.82) is 0 Å². The van der Waals surface area contributed by atoms with E-state index in [1.165, 1.54) is 17.0 Å². The number of phenols is 2. The van der Waals surface area contributed by atoms with Crippen LogP contribution in [-0.4, -0.2) is 164 Å². The molecule has 2 aromatic rings. The van der Waals surface area contributed by atoms with Gasteiger partial charge >= 0.3 is 12.2 Å². The largest absolute Gasteiger partial charge is 0.508 e. The molecule has 0 fully saturated rings. The molecule has 27 heteroatoms. The van der Waals surface area contributed by atoms with Gasteiger partial charge in [-0.05, 0) is 140 Å². The Morgan fingerprint density at radius 3 is 1.64 bits per heavy atom. The van der Waals surface area contributed by atoms with Crippen molar-refractivity contribution in [3.05, 3.63) is 47.5 Å². The third-order valence-corrected chi connectivity index (χ3v) is 10.2. The first-order valence-electron chi connectivity index (χ1n) is 25.0. The van der Waals surface area contributed by atoms with Crippen LogP contribution >= 0.6 is 0 Å². The Hall–Kier alpha value is -7.62. The third kappa shape index (κ3) is 29.6. The summed E-state index contributed by atoms with van der Waals surface area (Å²) in [5.41, 5.74) is 23.2. The Morgan fingerprint density at radius 1 is 0.692 bits per heavy atom. The highest BCUT2D eigenvalue weighted by Crippen LogP contribution is 2.31. The van der Waals surface area contributed by atoms with Crippen molar-refractivity contribution in [3.63, 3.8) is 0 Å². The lowest BCUT2D eigenvalue weighted by Gasteiger charge is -2.33. The summed E-state index contributed by atoms with van der Waals surface area (Å²) in [6.45, 7) is 13.5. The molecule has 27 nitrogen and oxygen atoms in total. The lowest BCUT2D eigenvalue weighted by Crippen LogP contribution is -2.60. The second-order valence-electron chi connectivity index (χ2n) is 19.7. The maximum Gasteiger partial charge on any atom is 0.408 e. The van der Waals surface area contributed by atoms with Gasteiger partial charge in [0.1, 0.15) is 46.9 Å². The molecular formula is C51H82N10O17. The average Bonchev–Trinajstić information content (AvgIpc) is 3.30. The Kier molecular flexibility index (Phi) is 31.5. The Labute approximate surface area is 453 Å².